The summed E-state index contributed by atoms with van der Waals surface area (Å²) in [6.45, 7) is 3.63. The molecule has 1 aromatic carbocycles. The first kappa shape index (κ1) is 26.2. The SMILES string of the molecule is C=CCO/N=C(/C(=O)NC1C(=O)N2C(C(=O)O)=C(CSc3nnnn3C)CSC12)c1cccc(OC)c1. The van der Waals surface area contributed by atoms with E-state index < -0.39 is 29.2 Å². The summed E-state index contributed by atoms with van der Waals surface area (Å²) in [4.78, 5) is 44.7. The van der Waals surface area contributed by atoms with Crippen LogP contribution in [-0.4, -0.2) is 90.3 Å². The summed E-state index contributed by atoms with van der Waals surface area (Å²) >= 11 is 2.64. The molecule has 1 fully saturated rings. The molecular weight excluding hydrogens is 522 g/mol. The van der Waals surface area contributed by atoms with Gasteiger partial charge in [0.1, 0.15) is 29.5 Å². The van der Waals surface area contributed by atoms with Gasteiger partial charge in [0.15, 0.2) is 5.71 Å². The number of oxime groups is 1. The molecule has 2 N–H and O–H groups in total. The molecule has 0 bridgehead atoms. The number of aliphatic carboxylic acids is 1. The van der Waals surface area contributed by atoms with Gasteiger partial charge in [0.25, 0.3) is 11.8 Å². The Labute approximate surface area is 219 Å². The van der Waals surface area contributed by atoms with Gasteiger partial charge in [-0.25, -0.2) is 9.48 Å². The van der Waals surface area contributed by atoms with Gasteiger partial charge in [0.2, 0.25) is 5.16 Å². The van der Waals surface area contributed by atoms with Crippen LogP contribution in [0.2, 0.25) is 0 Å². The van der Waals surface area contributed by atoms with E-state index in [4.69, 9.17) is 9.57 Å². The van der Waals surface area contributed by atoms with E-state index in [-0.39, 0.29) is 18.0 Å². The third kappa shape index (κ3) is 5.46. The average molecular weight is 546 g/mol. The molecule has 2 aliphatic rings. The van der Waals surface area contributed by atoms with E-state index in [1.54, 1.807) is 31.3 Å². The number of tetrazole rings is 1. The fourth-order valence-corrected chi connectivity index (χ4v) is 5.98. The number of fused-ring (bicyclic) bond motifs is 1. The number of thioether (sulfide) groups is 2. The predicted octanol–water partition coefficient (Wildman–Crippen LogP) is 0.656. The Bertz CT molecular complexity index is 1290. The van der Waals surface area contributed by atoms with Crippen LogP contribution in [0.25, 0.3) is 0 Å². The summed E-state index contributed by atoms with van der Waals surface area (Å²) < 4.78 is 6.70. The largest absolute Gasteiger partial charge is 0.497 e. The number of aryl methyl sites for hydroxylation is 1. The van der Waals surface area contributed by atoms with Crippen LogP contribution in [-0.2, 0) is 26.3 Å². The Kier molecular flexibility index (Phi) is 8.13. The van der Waals surface area contributed by atoms with Gasteiger partial charge in [-0.15, -0.1) is 16.9 Å². The molecule has 194 valence electrons. The van der Waals surface area contributed by atoms with Crippen LogP contribution in [0, 0.1) is 0 Å². The maximum Gasteiger partial charge on any atom is 0.352 e. The van der Waals surface area contributed by atoms with E-state index in [0.717, 1.165) is 0 Å². The van der Waals surface area contributed by atoms with E-state index in [0.29, 0.717) is 33.5 Å². The van der Waals surface area contributed by atoms with Gasteiger partial charge in [-0.1, -0.05) is 41.7 Å². The lowest BCUT2D eigenvalue weighted by Crippen LogP contribution is -2.71. The molecular formula is C22H23N7O6S2. The molecule has 37 heavy (non-hydrogen) atoms. The fourth-order valence-electron chi connectivity index (χ4n) is 3.65. The van der Waals surface area contributed by atoms with Crippen LogP contribution in [0.4, 0.5) is 0 Å². The van der Waals surface area contributed by atoms with Crippen molar-refractivity contribution < 1.29 is 29.1 Å². The summed E-state index contributed by atoms with van der Waals surface area (Å²) in [6.07, 6.45) is 1.48. The molecule has 2 aromatic rings. The smallest absolute Gasteiger partial charge is 0.352 e. The highest BCUT2D eigenvalue weighted by atomic mass is 32.2. The highest BCUT2D eigenvalue weighted by molar-refractivity contribution is 8.01. The second kappa shape index (κ2) is 11.5. The summed E-state index contributed by atoms with van der Waals surface area (Å²) in [6, 6.07) is 5.75. The van der Waals surface area contributed by atoms with Gasteiger partial charge in [-0.3, -0.25) is 14.5 Å². The molecule has 1 saturated heterocycles. The molecule has 0 spiro atoms. The zero-order valence-corrected chi connectivity index (χ0v) is 21.5. The molecule has 2 amide bonds. The lowest BCUT2D eigenvalue weighted by atomic mass is 10.0. The number of benzene rings is 1. The Morgan fingerprint density at radius 3 is 2.92 bits per heavy atom. The number of ether oxygens (including phenoxy) is 1. The van der Waals surface area contributed by atoms with Gasteiger partial charge in [-0.2, -0.15) is 0 Å². The number of aromatic nitrogens is 4. The standard InChI is InChI=1S/C22H23N7O6S2/c1-4-8-35-25-15(12-6-5-7-14(9-12)34-3)18(30)23-16-19(31)29-17(21(32)33)13(10-36-20(16)29)11-37-22-24-26-27-28(22)2/h4-7,9,16,20H,1,8,10-11H2,2-3H3,(H,23,30)(H,32,33)/b25-15+. The van der Waals surface area contributed by atoms with Gasteiger partial charge >= 0.3 is 5.97 Å². The van der Waals surface area contributed by atoms with Gasteiger partial charge in [0, 0.05) is 24.1 Å². The van der Waals surface area contributed by atoms with Crippen LogP contribution < -0.4 is 10.1 Å². The minimum absolute atomic E-state index is 0.0591. The lowest BCUT2D eigenvalue weighted by molar-refractivity contribution is -0.150. The molecule has 2 atom stereocenters. The number of carboxylic acids is 1. The van der Waals surface area contributed by atoms with Crippen LogP contribution in [0.1, 0.15) is 5.56 Å². The first-order valence-corrected chi connectivity index (χ1v) is 12.9. The highest BCUT2D eigenvalue weighted by Crippen LogP contribution is 2.41. The van der Waals surface area contributed by atoms with Crippen LogP contribution >= 0.6 is 23.5 Å². The topological polar surface area (TPSA) is 161 Å². The first-order valence-electron chi connectivity index (χ1n) is 10.9. The summed E-state index contributed by atoms with van der Waals surface area (Å²) in [5.74, 6) is -1.22. The van der Waals surface area contributed by atoms with Gasteiger partial charge < -0.3 is 20.0 Å². The molecule has 13 nitrogen and oxygen atoms in total. The van der Waals surface area contributed by atoms with E-state index in [1.807, 2.05) is 0 Å². The third-order valence-corrected chi connectivity index (χ3v) is 7.84. The molecule has 15 heteroatoms. The van der Waals surface area contributed by atoms with Crippen molar-refractivity contribution in [3.8, 4) is 5.75 Å². The van der Waals surface area contributed by atoms with Gasteiger partial charge in [-0.05, 0) is 28.1 Å². The van der Waals surface area contributed by atoms with Crippen molar-refractivity contribution in [2.45, 2.75) is 16.6 Å². The summed E-state index contributed by atoms with van der Waals surface area (Å²) in [5.41, 5.74) is 0.843. The molecule has 2 unspecified atom stereocenters. The summed E-state index contributed by atoms with van der Waals surface area (Å²) in [5, 5.41) is 27.6. The Hall–Kier alpha value is -3.85. The zero-order valence-electron chi connectivity index (χ0n) is 19.9. The number of hydrogen-bond acceptors (Lipinski definition) is 11. The van der Waals surface area contributed by atoms with Crippen molar-refractivity contribution >= 4 is 47.0 Å². The van der Waals surface area contributed by atoms with Crippen molar-refractivity contribution in [2.24, 2.45) is 12.2 Å². The molecule has 0 aliphatic carbocycles. The minimum atomic E-state index is -1.22. The van der Waals surface area contributed by atoms with E-state index in [2.05, 4.69) is 32.6 Å². The molecule has 0 radical (unpaired) electrons. The number of amides is 2. The number of hydrogen-bond donors (Lipinski definition) is 2. The average Bonchev–Trinajstić information content (AvgIpc) is 3.32. The molecule has 1 aromatic heterocycles. The van der Waals surface area contributed by atoms with E-state index in [1.165, 1.54) is 46.3 Å². The monoisotopic (exact) mass is 545 g/mol. The molecule has 2 aliphatic heterocycles. The second-order valence-corrected chi connectivity index (χ2v) is 9.80. The minimum Gasteiger partial charge on any atom is -0.497 e. The fraction of sp³-hybridized carbons (Fsp3) is 0.318. The predicted molar refractivity (Wildman–Crippen MR) is 135 cm³/mol. The van der Waals surface area contributed by atoms with Crippen molar-refractivity contribution in [2.75, 3.05) is 25.2 Å². The van der Waals surface area contributed by atoms with Gasteiger partial charge in [0.05, 0.1) is 7.11 Å². The van der Waals surface area contributed by atoms with Crippen molar-refractivity contribution in [1.82, 2.24) is 30.4 Å². The maximum atomic E-state index is 13.2. The number of carboxylic acid groups (broad SMARTS) is 1. The number of methoxy groups -OCH3 is 1. The number of nitrogens with one attached hydrogen (secondary N) is 1. The number of carbonyl (C=O) groups is 3. The Morgan fingerprint density at radius 1 is 1.43 bits per heavy atom. The number of nitrogens with zero attached hydrogens (tertiary/aromatic N) is 6. The second-order valence-electron chi connectivity index (χ2n) is 7.75. The van der Waals surface area contributed by atoms with Crippen LogP contribution in [0.15, 0.2) is 58.5 Å². The highest BCUT2D eigenvalue weighted by Gasteiger charge is 2.54. The maximum absolute atomic E-state index is 13.2. The normalized spacial score (nSPS) is 19.1. The van der Waals surface area contributed by atoms with E-state index >= 15 is 0 Å². The van der Waals surface area contributed by atoms with Crippen LogP contribution in [0.5, 0.6) is 5.75 Å². The first-order chi connectivity index (χ1) is 17.8. The van der Waals surface area contributed by atoms with E-state index in [9.17, 15) is 19.5 Å². The third-order valence-electron chi connectivity index (χ3n) is 5.40. The van der Waals surface area contributed by atoms with Crippen LogP contribution in [0.3, 0.4) is 0 Å². The van der Waals surface area contributed by atoms with Crippen molar-refractivity contribution in [1.29, 1.82) is 0 Å². The Balaban J connectivity index is 1.51. The Morgan fingerprint density at radius 2 is 2.24 bits per heavy atom. The lowest BCUT2D eigenvalue weighted by Gasteiger charge is -2.49. The summed E-state index contributed by atoms with van der Waals surface area (Å²) in [7, 11) is 3.18. The van der Waals surface area contributed by atoms with Crippen molar-refractivity contribution in [3.63, 3.8) is 0 Å². The number of carbonyl (C=O) groups excluding carboxylic acids is 2. The number of β-lactam (4-membered cyclic amide) rings is 1. The molecule has 0 saturated carbocycles. The zero-order chi connectivity index (χ0) is 26.5. The van der Waals surface area contributed by atoms with Crippen molar-refractivity contribution in [3.05, 3.63) is 53.8 Å². The quantitative estimate of drug-likeness (QED) is 0.102. The number of rotatable bonds is 11. The molecule has 4 rings (SSSR count). The molecule has 3 heterocycles.